The van der Waals surface area contributed by atoms with E-state index in [1.165, 1.54) is 36.4 Å². The van der Waals surface area contributed by atoms with Gasteiger partial charge in [-0.15, -0.1) is 0 Å². The van der Waals surface area contributed by atoms with Crippen LogP contribution in [0.1, 0.15) is 35.6 Å². The third kappa shape index (κ3) is 7.14. The number of benzene rings is 4. The number of carbonyl (C=O) groups is 1. The van der Waals surface area contributed by atoms with Gasteiger partial charge in [-0.2, -0.15) is 13.2 Å². The Bertz CT molecular complexity index is 1490. The van der Waals surface area contributed by atoms with Gasteiger partial charge in [0.15, 0.2) is 0 Å². The number of alkyl halides is 5. The van der Waals surface area contributed by atoms with Crippen molar-refractivity contribution in [2.75, 3.05) is 6.61 Å². The molecule has 0 heterocycles. The molecule has 0 bridgehead atoms. The number of esters is 1. The fraction of sp³-hybridized carbons (Fsp3) is 0.156. The van der Waals surface area contributed by atoms with Crippen molar-refractivity contribution in [1.29, 1.82) is 0 Å². The van der Waals surface area contributed by atoms with E-state index in [4.69, 9.17) is 9.47 Å². The summed E-state index contributed by atoms with van der Waals surface area (Å²) in [6, 6.07) is 23.0. The average molecular weight is 553 g/mol. The molecule has 0 saturated carbocycles. The van der Waals surface area contributed by atoms with Crippen molar-refractivity contribution in [3.8, 4) is 28.0 Å². The molecule has 4 aromatic rings. The smallest absolute Gasteiger partial charge is 0.416 e. The van der Waals surface area contributed by atoms with Gasteiger partial charge in [-0.05, 0) is 76.7 Å². The number of halogens is 5. The zero-order valence-electron chi connectivity index (χ0n) is 21.4. The van der Waals surface area contributed by atoms with Gasteiger partial charge in [0.1, 0.15) is 12.4 Å². The second-order valence-electron chi connectivity index (χ2n) is 8.79. The summed E-state index contributed by atoms with van der Waals surface area (Å²) in [5.74, 6) is -0.0806. The quantitative estimate of drug-likeness (QED) is 0.118. The van der Waals surface area contributed by atoms with Crippen molar-refractivity contribution in [2.45, 2.75) is 26.1 Å². The highest BCUT2D eigenvalue weighted by Crippen LogP contribution is 2.39. The molecule has 0 saturated heterocycles. The summed E-state index contributed by atoms with van der Waals surface area (Å²) in [6.45, 7) is 2.15. The molecule has 0 radical (unpaired) electrons. The Morgan fingerprint density at radius 1 is 0.850 bits per heavy atom. The van der Waals surface area contributed by atoms with E-state index in [0.29, 0.717) is 29.0 Å². The summed E-state index contributed by atoms with van der Waals surface area (Å²) < 4.78 is 78.9. The molecule has 0 aromatic heterocycles. The second kappa shape index (κ2) is 12.6. The molecule has 0 aliphatic heterocycles. The van der Waals surface area contributed by atoms with E-state index in [0.717, 1.165) is 17.7 Å². The SMILES string of the molecule is CCOC(=O)/C=C/c1cc(OCc2ccccc2)ccc1-c1ccc(-c2cccc(C(F)(F)F)c2)c(C(F)F)c1. The van der Waals surface area contributed by atoms with E-state index < -0.39 is 29.7 Å². The maximum atomic E-state index is 14.2. The summed E-state index contributed by atoms with van der Waals surface area (Å²) in [5.41, 5.74) is 1.05. The first-order chi connectivity index (χ1) is 19.2. The largest absolute Gasteiger partial charge is 0.489 e. The second-order valence-corrected chi connectivity index (χ2v) is 8.79. The molecular formula is C32H25F5O3. The van der Waals surface area contributed by atoms with Crippen molar-refractivity contribution >= 4 is 12.0 Å². The van der Waals surface area contributed by atoms with Gasteiger partial charge in [0.05, 0.1) is 12.2 Å². The first-order valence-electron chi connectivity index (χ1n) is 12.4. The maximum absolute atomic E-state index is 14.2. The minimum Gasteiger partial charge on any atom is -0.489 e. The molecule has 0 fully saturated rings. The first kappa shape index (κ1) is 28.5. The molecule has 40 heavy (non-hydrogen) atoms. The van der Waals surface area contributed by atoms with Crippen LogP contribution < -0.4 is 4.74 Å². The van der Waals surface area contributed by atoms with Gasteiger partial charge in [-0.3, -0.25) is 0 Å². The van der Waals surface area contributed by atoms with E-state index in [1.807, 2.05) is 30.3 Å². The van der Waals surface area contributed by atoms with Crippen molar-refractivity contribution in [3.63, 3.8) is 0 Å². The molecule has 0 N–H and O–H groups in total. The minimum atomic E-state index is -4.61. The van der Waals surface area contributed by atoms with Crippen LogP contribution in [0.15, 0.2) is 97.1 Å². The Labute approximate surface area is 228 Å². The fourth-order valence-electron chi connectivity index (χ4n) is 4.16. The van der Waals surface area contributed by atoms with Gasteiger partial charge in [0, 0.05) is 11.6 Å². The normalized spacial score (nSPS) is 11.7. The Kier molecular flexibility index (Phi) is 8.99. The lowest BCUT2D eigenvalue weighted by atomic mass is 9.92. The van der Waals surface area contributed by atoms with Crippen LogP contribution in [0.4, 0.5) is 22.0 Å². The lowest BCUT2D eigenvalue weighted by molar-refractivity contribution is -0.138. The highest BCUT2D eigenvalue weighted by Gasteiger charge is 2.30. The summed E-state index contributed by atoms with van der Waals surface area (Å²) in [4.78, 5) is 12.0. The number of ether oxygens (including phenoxy) is 2. The molecule has 0 spiro atoms. The monoisotopic (exact) mass is 552 g/mol. The number of rotatable bonds is 9. The van der Waals surface area contributed by atoms with Gasteiger partial charge >= 0.3 is 12.1 Å². The third-order valence-electron chi connectivity index (χ3n) is 6.06. The molecule has 0 atom stereocenters. The lowest BCUT2D eigenvalue weighted by Gasteiger charge is -2.16. The predicted molar refractivity (Wildman–Crippen MR) is 144 cm³/mol. The molecule has 206 valence electrons. The van der Waals surface area contributed by atoms with Crippen LogP contribution in [0.3, 0.4) is 0 Å². The number of hydrogen-bond donors (Lipinski definition) is 0. The third-order valence-corrected chi connectivity index (χ3v) is 6.06. The van der Waals surface area contributed by atoms with Gasteiger partial charge in [0.25, 0.3) is 6.43 Å². The molecule has 0 unspecified atom stereocenters. The van der Waals surface area contributed by atoms with Gasteiger partial charge in [-0.1, -0.05) is 60.7 Å². The molecule has 0 aliphatic rings. The van der Waals surface area contributed by atoms with Crippen molar-refractivity contribution in [3.05, 3.63) is 119 Å². The van der Waals surface area contributed by atoms with Crippen molar-refractivity contribution < 1.29 is 36.2 Å². The molecule has 0 aliphatic carbocycles. The van der Waals surface area contributed by atoms with Crippen LogP contribution in [0.2, 0.25) is 0 Å². The highest BCUT2D eigenvalue weighted by molar-refractivity contribution is 5.89. The topological polar surface area (TPSA) is 35.5 Å². The van der Waals surface area contributed by atoms with Crippen LogP contribution in [-0.4, -0.2) is 12.6 Å². The average Bonchev–Trinajstić information content (AvgIpc) is 2.95. The predicted octanol–water partition coefficient (Wildman–Crippen LogP) is 9.13. The molecule has 0 amide bonds. The molecule has 8 heteroatoms. The Morgan fingerprint density at radius 2 is 1.57 bits per heavy atom. The molecule has 4 aromatic carbocycles. The van der Waals surface area contributed by atoms with Crippen LogP contribution >= 0.6 is 0 Å². The van der Waals surface area contributed by atoms with Gasteiger partial charge in [-0.25, -0.2) is 13.6 Å². The minimum absolute atomic E-state index is 0.00344. The van der Waals surface area contributed by atoms with Crippen molar-refractivity contribution in [2.24, 2.45) is 0 Å². The first-order valence-corrected chi connectivity index (χ1v) is 12.4. The van der Waals surface area contributed by atoms with E-state index >= 15 is 0 Å². The Morgan fingerprint density at radius 3 is 2.27 bits per heavy atom. The van der Waals surface area contributed by atoms with E-state index in [-0.39, 0.29) is 17.7 Å². The molecule has 3 nitrogen and oxygen atoms in total. The van der Waals surface area contributed by atoms with Crippen LogP contribution in [0.5, 0.6) is 5.75 Å². The number of hydrogen-bond acceptors (Lipinski definition) is 3. The van der Waals surface area contributed by atoms with Gasteiger partial charge < -0.3 is 9.47 Å². The molecule has 4 rings (SSSR count). The lowest BCUT2D eigenvalue weighted by Crippen LogP contribution is -2.04. The van der Waals surface area contributed by atoms with Crippen molar-refractivity contribution in [1.82, 2.24) is 0 Å². The molecular weight excluding hydrogens is 527 g/mol. The van der Waals surface area contributed by atoms with E-state index in [2.05, 4.69) is 0 Å². The van der Waals surface area contributed by atoms with Crippen LogP contribution in [0, 0.1) is 0 Å². The van der Waals surface area contributed by atoms with E-state index in [9.17, 15) is 26.7 Å². The summed E-state index contributed by atoms with van der Waals surface area (Å²) >= 11 is 0. The summed E-state index contributed by atoms with van der Waals surface area (Å²) in [5, 5.41) is 0. The highest BCUT2D eigenvalue weighted by atomic mass is 19.4. The van der Waals surface area contributed by atoms with E-state index in [1.54, 1.807) is 31.2 Å². The van der Waals surface area contributed by atoms with Gasteiger partial charge in [0.2, 0.25) is 0 Å². The van der Waals surface area contributed by atoms with Crippen LogP contribution in [-0.2, 0) is 22.3 Å². The summed E-state index contributed by atoms with van der Waals surface area (Å²) in [6.07, 6.45) is -4.82. The zero-order valence-corrected chi connectivity index (χ0v) is 21.4. The standard InChI is InChI=1S/C32H25F5O3/c1-2-39-30(38)16-12-23-18-26(40-20-21-7-4-3-5-8-21)13-15-27(23)24-11-14-28(29(19-24)31(33)34)22-9-6-10-25(17-22)32(35,36)37/h3-19,31H,2,20H2,1H3/b16-12+. The Hall–Kier alpha value is -4.46. The van der Waals surface area contributed by atoms with Crippen LogP contribution in [0.25, 0.3) is 28.3 Å². The fourth-order valence-corrected chi connectivity index (χ4v) is 4.16. The number of carbonyl (C=O) groups excluding carboxylic acids is 1. The Balaban J connectivity index is 1.74. The summed E-state index contributed by atoms with van der Waals surface area (Å²) in [7, 11) is 0. The zero-order chi connectivity index (χ0) is 28.7. The maximum Gasteiger partial charge on any atom is 0.416 e.